The van der Waals surface area contributed by atoms with Gasteiger partial charge in [0.25, 0.3) is 5.91 Å². The molecule has 35 heavy (non-hydrogen) atoms. The molecule has 0 fully saturated rings. The Labute approximate surface area is 213 Å². The van der Waals surface area contributed by atoms with E-state index in [0.717, 1.165) is 24.0 Å². The number of thioether (sulfide) groups is 1. The lowest BCUT2D eigenvalue weighted by Crippen LogP contribution is -2.38. The Bertz CT molecular complexity index is 1130. The summed E-state index contributed by atoms with van der Waals surface area (Å²) in [4.78, 5) is 13.5. The van der Waals surface area contributed by atoms with Gasteiger partial charge >= 0.3 is 0 Å². The van der Waals surface area contributed by atoms with Crippen molar-refractivity contribution < 1.29 is 4.79 Å². The van der Waals surface area contributed by atoms with E-state index in [4.69, 9.17) is 0 Å². The Morgan fingerprint density at radius 3 is 1.57 bits per heavy atom. The second-order valence-corrected chi connectivity index (χ2v) is 12.6. The number of benzene rings is 4. The number of rotatable bonds is 10. The Morgan fingerprint density at radius 1 is 0.714 bits per heavy atom. The van der Waals surface area contributed by atoms with Crippen LogP contribution in [0.1, 0.15) is 30.1 Å². The SMILES string of the molecule is CCCCS/C=C(\NC(=O)c1ccccc1)[P+](c1ccccc1)(c1ccccc1)c1ccccc1. The van der Waals surface area contributed by atoms with E-state index >= 15 is 0 Å². The summed E-state index contributed by atoms with van der Waals surface area (Å²) in [7, 11) is -2.38. The number of amides is 1. The number of nitrogens with one attached hydrogen (secondary N) is 1. The molecule has 0 radical (unpaired) electrons. The van der Waals surface area contributed by atoms with Crippen molar-refractivity contribution in [3.05, 3.63) is 138 Å². The summed E-state index contributed by atoms with van der Waals surface area (Å²) in [6.45, 7) is 2.21. The smallest absolute Gasteiger partial charge is 0.258 e. The molecular weight excluding hydrogens is 465 g/mol. The van der Waals surface area contributed by atoms with E-state index in [1.807, 2.05) is 30.3 Å². The molecule has 176 valence electrons. The van der Waals surface area contributed by atoms with Crippen molar-refractivity contribution in [3.63, 3.8) is 0 Å². The zero-order valence-electron chi connectivity index (χ0n) is 20.0. The molecule has 0 aliphatic carbocycles. The lowest BCUT2D eigenvalue weighted by atomic mass is 10.2. The maximum atomic E-state index is 13.5. The van der Waals surface area contributed by atoms with Gasteiger partial charge in [-0.2, -0.15) is 0 Å². The summed E-state index contributed by atoms with van der Waals surface area (Å²) >= 11 is 1.79. The van der Waals surface area contributed by atoms with Gasteiger partial charge < -0.3 is 0 Å². The Hall–Kier alpha value is -3.13. The normalized spacial score (nSPS) is 11.7. The highest BCUT2D eigenvalue weighted by Gasteiger charge is 2.50. The molecule has 0 aliphatic heterocycles. The van der Waals surface area contributed by atoms with Crippen molar-refractivity contribution in [2.45, 2.75) is 19.8 Å². The third-order valence-electron chi connectivity index (χ3n) is 5.88. The molecule has 0 bridgehead atoms. The van der Waals surface area contributed by atoms with Gasteiger partial charge in [0.05, 0.1) is 0 Å². The molecule has 4 rings (SSSR count). The topological polar surface area (TPSA) is 29.1 Å². The van der Waals surface area contributed by atoms with Crippen LogP contribution >= 0.6 is 19.0 Å². The van der Waals surface area contributed by atoms with Crippen LogP contribution in [0, 0.1) is 0 Å². The fourth-order valence-electron chi connectivity index (χ4n) is 4.16. The van der Waals surface area contributed by atoms with Crippen LogP contribution in [0.5, 0.6) is 0 Å². The zero-order chi connectivity index (χ0) is 24.3. The quantitative estimate of drug-likeness (QED) is 0.195. The van der Waals surface area contributed by atoms with E-state index in [9.17, 15) is 4.79 Å². The first-order valence-electron chi connectivity index (χ1n) is 12.0. The maximum absolute atomic E-state index is 13.5. The lowest BCUT2D eigenvalue weighted by molar-refractivity contribution is 0.0968. The van der Waals surface area contributed by atoms with Crippen molar-refractivity contribution in [1.82, 2.24) is 5.32 Å². The molecule has 4 aromatic carbocycles. The molecule has 0 unspecified atom stereocenters. The van der Waals surface area contributed by atoms with E-state index in [1.54, 1.807) is 11.8 Å². The van der Waals surface area contributed by atoms with Crippen LogP contribution < -0.4 is 21.2 Å². The molecule has 1 amide bonds. The average Bonchev–Trinajstić information content (AvgIpc) is 2.93. The summed E-state index contributed by atoms with van der Waals surface area (Å²) in [6, 6.07) is 41.4. The number of unbranched alkanes of at least 4 members (excludes halogenated alkanes) is 1. The van der Waals surface area contributed by atoms with Crippen LogP contribution in [-0.4, -0.2) is 11.7 Å². The molecular formula is C31H31NOPS+. The highest BCUT2D eigenvalue weighted by molar-refractivity contribution is 8.04. The van der Waals surface area contributed by atoms with Crippen LogP contribution in [-0.2, 0) is 0 Å². The van der Waals surface area contributed by atoms with Crippen molar-refractivity contribution in [2.24, 2.45) is 0 Å². The fraction of sp³-hybridized carbons (Fsp3) is 0.129. The first kappa shape index (κ1) is 25.0. The van der Waals surface area contributed by atoms with Gasteiger partial charge in [0.1, 0.15) is 15.9 Å². The van der Waals surface area contributed by atoms with E-state index in [0.29, 0.717) is 5.56 Å². The second-order valence-electron chi connectivity index (χ2n) is 8.23. The monoisotopic (exact) mass is 496 g/mol. The molecule has 0 saturated heterocycles. The van der Waals surface area contributed by atoms with Gasteiger partial charge in [0.2, 0.25) is 0 Å². The van der Waals surface area contributed by atoms with Crippen LogP contribution in [0.4, 0.5) is 0 Å². The number of hydrogen-bond donors (Lipinski definition) is 1. The van der Waals surface area contributed by atoms with Crippen molar-refractivity contribution in [3.8, 4) is 0 Å². The summed E-state index contributed by atoms with van der Waals surface area (Å²) < 4.78 is 0. The van der Waals surface area contributed by atoms with Gasteiger partial charge in [-0.25, -0.2) is 0 Å². The van der Waals surface area contributed by atoms with Gasteiger partial charge in [0.15, 0.2) is 12.7 Å². The van der Waals surface area contributed by atoms with E-state index < -0.39 is 7.26 Å². The minimum Gasteiger partial charge on any atom is -0.292 e. The molecule has 4 aromatic rings. The Morgan fingerprint density at radius 2 is 1.14 bits per heavy atom. The molecule has 0 spiro atoms. The van der Waals surface area contributed by atoms with Gasteiger partial charge in [-0.05, 0) is 60.7 Å². The molecule has 1 N–H and O–H groups in total. The molecule has 0 aromatic heterocycles. The van der Waals surface area contributed by atoms with E-state index in [-0.39, 0.29) is 5.91 Å². The van der Waals surface area contributed by atoms with Crippen molar-refractivity contribution >= 4 is 40.8 Å². The number of carbonyl (C=O) groups is 1. The summed E-state index contributed by atoms with van der Waals surface area (Å²) in [6.07, 6.45) is 2.28. The largest absolute Gasteiger partial charge is 0.292 e. The molecule has 0 heterocycles. The van der Waals surface area contributed by atoms with Crippen LogP contribution in [0.3, 0.4) is 0 Å². The first-order chi connectivity index (χ1) is 17.3. The summed E-state index contributed by atoms with van der Waals surface area (Å²) in [5, 5.41) is 9.25. The third kappa shape index (κ3) is 5.75. The zero-order valence-corrected chi connectivity index (χ0v) is 21.7. The molecule has 0 atom stereocenters. The Kier molecular flexibility index (Phi) is 8.95. The number of carbonyl (C=O) groups excluding carboxylic acids is 1. The van der Waals surface area contributed by atoms with E-state index in [2.05, 4.69) is 109 Å². The maximum Gasteiger partial charge on any atom is 0.258 e. The highest BCUT2D eigenvalue weighted by atomic mass is 32.2. The minimum atomic E-state index is -2.38. The summed E-state index contributed by atoms with van der Waals surface area (Å²) in [5.41, 5.74) is 1.63. The standard InChI is InChI=1S/C31H30NOPS/c1-2-3-24-35-25-30(32-31(33)26-16-8-4-9-17-26)34(27-18-10-5-11-19-27,28-20-12-6-13-21-28)29-22-14-7-15-23-29/h4-23,25H,2-3,24H2,1H3/p+1/b30-25+. The predicted molar refractivity (Wildman–Crippen MR) is 155 cm³/mol. The van der Waals surface area contributed by atoms with Crippen molar-refractivity contribution in [1.29, 1.82) is 0 Å². The average molecular weight is 497 g/mol. The second kappa shape index (κ2) is 12.5. The lowest BCUT2D eigenvalue weighted by Gasteiger charge is -2.29. The molecule has 4 heteroatoms. The highest BCUT2D eigenvalue weighted by Crippen LogP contribution is 2.61. The number of hydrogen-bond acceptors (Lipinski definition) is 2. The summed E-state index contributed by atoms with van der Waals surface area (Å²) in [5.74, 6) is 0.930. The first-order valence-corrected chi connectivity index (χ1v) is 14.8. The van der Waals surface area contributed by atoms with Gasteiger partial charge in [-0.15, -0.1) is 11.8 Å². The van der Waals surface area contributed by atoms with Crippen LogP contribution in [0.25, 0.3) is 0 Å². The molecule has 2 nitrogen and oxygen atoms in total. The predicted octanol–water partition coefficient (Wildman–Crippen LogP) is 6.74. The van der Waals surface area contributed by atoms with Crippen LogP contribution in [0.15, 0.2) is 132 Å². The minimum absolute atomic E-state index is 0.0832. The van der Waals surface area contributed by atoms with Gasteiger partial charge in [-0.3, -0.25) is 10.1 Å². The third-order valence-corrected chi connectivity index (χ3v) is 11.2. The Balaban J connectivity index is 1.96. The van der Waals surface area contributed by atoms with Crippen molar-refractivity contribution in [2.75, 3.05) is 5.75 Å². The van der Waals surface area contributed by atoms with Gasteiger partial charge in [0, 0.05) is 11.0 Å². The fourth-order valence-corrected chi connectivity index (χ4v) is 9.66. The molecule has 0 saturated carbocycles. The molecule has 0 aliphatic rings. The van der Waals surface area contributed by atoms with Crippen LogP contribution in [0.2, 0.25) is 0 Å². The van der Waals surface area contributed by atoms with Gasteiger partial charge in [-0.1, -0.05) is 86.1 Å². The van der Waals surface area contributed by atoms with E-state index in [1.165, 1.54) is 15.9 Å².